The molecule has 0 amide bonds. The fourth-order valence-electron chi connectivity index (χ4n) is 10.5. The molecule has 3 heteroatoms. The molecule has 13 rings (SSSR count). The second kappa shape index (κ2) is 19.1. The average molecular weight is 949 g/mol. The highest BCUT2D eigenvalue weighted by molar-refractivity contribution is 7.26. The molecule has 13 aromatic rings. The highest BCUT2D eigenvalue weighted by Gasteiger charge is 2.24. The minimum Gasteiger partial charge on any atom is -0.310 e. The van der Waals surface area contributed by atoms with Gasteiger partial charge in [0.1, 0.15) is 0 Å². The number of benzene rings is 12. The molecule has 0 fully saturated rings. The van der Waals surface area contributed by atoms with Gasteiger partial charge in [-0.25, -0.2) is 0 Å². The van der Waals surface area contributed by atoms with Gasteiger partial charge in [-0.1, -0.05) is 224 Å². The van der Waals surface area contributed by atoms with Gasteiger partial charge in [-0.3, -0.25) is 0 Å². The number of nitrogens with zero attached hydrogens (tertiary/aromatic N) is 2. The molecule has 12 aromatic carbocycles. The van der Waals surface area contributed by atoms with Gasteiger partial charge < -0.3 is 9.80 Å². The lowest BCUT2D eigenvalue weighted by Crippen LogP contribution is -2.13. The van der Waals surface area contributed by atoms with Crippen LogP contribution in [-0.4, -0.2) is 0 Å². The normalized spacial score (nSPS) is 11.3. The summed E-state index contributed by atoms with van der Waals surface area (Å²) in [6.45, 7) is 0. The third-order valence-electron chi connectivity index (χ3n) is 14.1. The number of hydrogen-bond donors (Lipinski definition) is 0. The van der Waals surface area contributed by atoms with Crippen LogP contribution in [0.5, 0.6) is 0 Å². The molecule has 344 valence electrons. The van der Waals surface area contributed by atoms with Gasteiger partial charge in [0, 0.05) is 43.7 Å². The first-order chi connectivity index (χ1) is 36.2. The highest BCUT2D eigenvalue weighted by Crippen LogP contribution is 2.50. The van der Waals surface area contributed by atoms with Gasteiger partial charge >= 0.3 is 0 Å². The zero-order chi connectivity index (χ0) is 48.5. The molecule has 1 heterocycles. The van der Waals surface area contributed by atoms with Crippen LogP contribution in [0.4, 0.5) is 34.1 Å². The van der Waals surface area contributed by atoms with Gasteiger partial charge in [0.25, 0.3) is 0 Å². The molecule has 0 aliphatic carbocycles. The van der Waals surface area contributed by atoms with Crippen LogP contribution < -0.4 is 9.80 Å². The van der Waals surface area contributed by atoms with E-state index in [4.69, 9.17) is 0 Å². The van der Waals surface area contributed by atoms with E-state index in [0.29, 0.717) is 0 Å². The van der Waals surface area contributed by atoms with E-state index in [1.807, 2.05) is 11.3 Å². The lowest BCUT2D eigenvalue weighted by atomic mass is 9.97. The van der Waals surface area contributed by atoms with Crippen LogP contribution in [0, 0.1) is 0 Å². The number of anilines is 6. The standard InChI is InChI=1S/C70H48N2S/c1-3-18-49(19-4-1)51-36-38-52(39-37-51)53-42-44-59(45-43-53)71(60-26-15-24-56(47-60)57-41-40-50-20-7-8-23-55(50)46-57)61-27-16-25-58(48-61)63-29-10-13-33-67(63)72(66-32-12-9-28-62(66)54-21-5-2-6-22-54)68-34-17-31-65-64-30-11-14-35-69(64)73-70(65)68/h1-48H. The number of fused-ring (bicyclic) bond motifs is 4. The van der Waals surface area contributed by atoms with Crippen molar-refractivity contribution in [1.29, 1.82) is 0 Å². The van der Waals surface area contributed by atoms with Crippen LogP contribution in [-0.2, 0) is 0 Å². The predicted molar refractivity (Wildman–Crippen MR) is 313 cm³/mol. The fraction of sp³-hybridized carbons (Fsp3) is 0. The minimum atomic E-state index is 1.06. The third kappa shape index (κ3) is 8.42. The molecule has 2 nitrogen and oxygen atoms in total. The Bertz CT molecular complexity index is 4080. The van der Waals surface area contributed by atoms with E-state index in [2.05, 4.69) is 301 Å². The summed E-state index contributed by atoms with van der Waals surface area (Å²) in [5.41, 5.74) is 18.3. The van der Waals surface area contributed by atoms with Gasteiger partial charge in [-0.2, -0.15) is 0 Å². The Labute approximate surface area is 430 Å². The number of thiophene rings is 1. The molecule has 0 saturated carbocycles. The molecular formula is C70H48N2S. The molecule has 0 aliphatic rings. The first-order valence-electron chi connectivity index (χ1n) is 24.9. The van der Waals surface area contributed by atoms with Gasteiger partial charge in [0.05, 0.1) is 21.8 Å². The molecule has 0 unspecified atom stereocenters. The van der Waals surface area contributed by atoms with Crippen LogP contribution in [0.1, 0.15) is 0 Å². The predicted octanol–water partition coefficient (Wildman–Crippen LogP) is 20.5. The third-order valence-corrected chi connectivity index (χ3v) is 15.3. The van der Waals surface area contributed by atoms with Gasteiger partial charge in [-0.05, 0) is 122 Å². The Balaban J connectivity index is 0.958. The minimum absolute atomic E-state index is 1.06. The Hall–Kier alpha value is -9.28. The maximum atomic E-state index is 2.50. The van der Waals surface area contributed by atoms with Crippen molar-refractivity contribution in [2.75, 3.05) is 9.80 Å². The van der Waals surface area contributed by atoms with E-state index in [1.54, 1.807) is 0 Å². The summed E-state index contributed by atoms with van der Waals surface area (Å²) in [5, 5.41) is 5.00. The van der Waals surface area contributed by atoms with E-state index in [1.165, 1.54) is 64.3 Å². The molecule has 0 spiro atoms. The second-order valence-corrected chi connectivity index (χ2v) is 19.5. The van der Waals surface area contributed by atoms with E-state index in [9.17, 15) is 0 Å². The average Bonchev–Trinajstić information content (AvgIpc) is 3.86. The molecule has 0 aliphatic heterocycles. The van der Waals surface area contributed by atoms with Crippen molar-refractivity contribution < 1.29 is 0 Å². The molecule has 73 heavy (non-hydrogen) atoms. The summed E-state index contributed by atoms with van der Waals surface area (Å²) in [6.07, 6.45) is 0. The smallest absolute Gasteiger partial charge is 0.0640 e. The van der Waals surface area contributed by atoms with Gasteiger partial charge in [0.15, 0.2) is 0 Å². The first-order valence-corrected chi connectivity index (χ1v) is 25.7. The van der Waals surface area contributed by atoms with Crippen molar-refractivity contribution in [2.45, 2.75) is 0 Å². The molecule has 0 saturated heterocycles. The van der Waals surface area contributed by atoms with Crippen molar-refractivity contribution in [3.8, 4) is 55.6 Å². The van der Waals surface area contributed by atoms with Crippen LogP contribution >= 0.6 is 11.3 Å². The van der Waals surface area contributed by atoms with Crippen molar-refractivity contribution >= 4 is 76.4 Å². The van der Waals surface area contributed by atoms with Gasteiger partial charge in [-0.15, -0.1) is 11.3 Å². The number of para-hydroxylation sites is 2. The van der Waals surface area contributed by atoms with E-state index in [0.717, 1.165) is 56.4 Å². The summed E-state index contributed by atoms with van der Waals surface area (Å²) in [4.78, 5) is 4.90. The van der Waals surface area contributed by atoms with Crippen molar-refractivity contribution in [2.24, 2.45) is 0 Å². The number of hydrogen-bond acceptors (Lipinski definition) is 3. The SMILES string of the molecule is c1ccc(-c2ccc(-c3ccc(N(c4cccc(-c5ccc6ccccc6c5)c4)c4cccc(-c5ccccc5N(c5ccccc5-c5ccccc5)c5cccc6c5sc5ccccc56)c4)cc3)cc2)cc1. The Morgan fingerprint density at radius 3 is 1.38 bits per heavy atom. The first kappa shape index (κ1) is 43.7. The Morgan fingerprint density at radius 1 is 0.233 bits per heavy atom. The summed E-state index contributed by atoms with van der Waals surface area (Å²) in [6, 6.07) is 106. The van der Waals surface area contributed by atoms with E-state index < -0.39 is 0 Å². The summed E-state index contributed by atoms with van der Waals surface area (Å²) in [5.74, 6) is 0. The fourth-order valence-corrected chi connectivity index (χ4v) is 11.7. The lowest BCUT2D eigenvalue weighted by Gasteiger charge is -2.31. The lowest BCUT2D eigenvalue weighted by molar-refractivity contribution is 1.28. The molecule has 1 aromatic heterocycles. The topological polar surface area (TPSA) is 6.48 Å². The highest BCUT2D eigenvalue weighted by atomic mass is 32.1. The van der Waals surface area contributed by atoms with Gasteiger partial charge in [0.2, 0.25) is 0 Å². The largest absolute Gasteiger partial charge is 0.310 e. The molecule has 0 bridgehead atoms. The second-order valence-electron chi connectivity index (χ2n) is 18.5. The summed E-state index contributed by atoms with van der Waals surface area (Å²) < 4.78 is 2.53. The summed E-state index contributed by atoms with van der Waals surface area (Å²) >= 11 is 1.86. The van der Waals surface area contributed by atoms with Crippen LogP contribution in [0.25, 0.3) is 86.6 Å². The molecule has 0 atom stereocenters. The molecule has 0 radical (unpaired) electrons. The van der Waals surface area contributed by atoms with Crippen LogP contribution in [0.15, 0.2) is 291 Å². The quantitative estimate of drug-likeness (QED) is 0.127. The monoisotopic (exact) mass is 948 g/mol. The zero-order valence-electron chi connectivity index (χ0n) is 40.0. The Morgan fingerprint density at radius 2 is 0.685 bits per heavy atom. The van der Waals surface area contributed by atoms with Crippen molar-refractivity contribution in [3.63, 3.8) is 0 Å². The van der Waals surface area contributed by atoms with Crippen molar-refractivity contribution in [3.05, 3.63) is 291 Å². The van der Waals surface area contributed by atoms with E-state index in [-0.39, 0.29) is 0 Å². The summed E-state index contributed by atoms with van der Waals surface area (Å²) in [7, 11) is 0. The van der Waals surface area contributed by atoms with E-state index >= 15 is 0 Å². The maximum Gasteiger partial charge on any atom is 0.0640 e. The zero-order valence-corrected chi connectivity index (χ0v) is 40.8. The van der Waals surface area contributed by atoms with Crippen LogP contribution in [0.3, 0.4) is 0 Å². The molecule has 0 N–H and O–H groups in total. The molecular weight excluding hydrogens is 901 g/mol. The maximum absolute atomic E-state index is 2.50. The Kier molecular flexibility index (Phi) is 11.5. The van der Waals surface area contributed by atoms with Crippen molar-refractivity contribution in [1.82, 2.24) is 0 Å². The number of rotatable bonds is 11. The van der Waals surface area contributed by atoms with Crippen LogP contribution in [0.2, 0.25) is 0 Å².